The van der Waals surface area contributed by atoms with Gasteiger partial charge in [-0.15, -0.1) is 0 Å². The number of carbonyl (C=O) groups is 1. The van der Waals surface area contributed by atoms with E-state index in [1.807, 2.05) is 6.07 Å². The highest BCUT2D eigenvalue weighted by Gasteiger charge is 2.09. The fraction of sp³-hybridized carbons (Fsp3) is 0. The minimum atomic E-state index is -0.169. The van der Waals surface area contributed by atoms with Gasteiger partial charge in [-0.05, 0) is 24.3 Å². The van der Waals surface area contributed by atoms with E-state index in [9.17, 15) is 4.79 Å². The summed E-state index contributed by atoms with van der Waals surface area (Å²) in [6, 6.07) is 13.8. The van der Waals surface area contributed by atoms with Crippen molar-refractivity contribution in [3.05, 3.63) is 65.5 Å². The summed E-state index contributed by atoms with van der Waals surface area (Å²) in [6.07, 6.45) is 1.57. The van der Waals surface area contributed by atoms with Crippen molar-refractivity contribution in [2.45, 2.75) is 0 Å². The second-order valence-corrected chi connectivity index (χ2v) is 3.24. The Hall–Kier alpha value is -2.47. The zero-order valence-corrected chi connectivity index (χ0v) is 8.42. The van der Waals surface area contributed by atoms with Crippen molar-refractivity contribution in [2.24, 2.45) is 0 Å². The van der Waals surface area contributed by atoms with Crippen molar-refractivity contribution in [1.29, 1.82) is 5.26 Å². The molecule has 0 saturated heterocycles. The van der Waals surface area contributed by atoms with Crippen LogP contribution in [0.3, 0.4) is 0 Å². The van der Waals surface area contributed by atoms with Gasteiger partial charge in [-0.1, -0.05) is 18.2 Å². The van der Waals surface area contributed by atoms with Gasteiger partial charge in [-0.2, -0.15) is 5.26 Å². The summed E-state index contributed by atoms with van der Waals surface area (Å²) >= 11 is 0. The average Bonchev–Trinajstić information content (AvgIpc) is 2.39. The standard InChI is InChI=1S/C13H8N2O/c14-9-10-4-3-5-11(8-10)13(16)12-6-1-2-7-15-12/h1-8H. The highest BCUT2D eigenvalue weighted by atomic mass is 16.1. The molecule has 2 aromatic rings. The molecule has 0 aliphatic heterocycles. The van der Waals surface area contributed by atoms with E-state index in [2.05, 4.69) is 4.98 Å². The fourth-order valence-corrected chi connectivity index (χ4v) is 1.37. The van der Waals surface area contributed by atoms with E-state index in [0.29, 0.717) is 16.8 Å². The molecule has 0 spiro atoms. The number of carbonyl (C=O) groups excluding carboxylic acids is 1. The van der Waals surface area contributed by atoms with E-state index in [1.165, 1.54) is 0 Å². The zero-order valence-electron chi connectivity index (χ0n) is 8.42. The molecule has 0 fully saturated rings. The predicted octanol–water partition coefficient (Wildman–Crippen LogP) is 2.18. The van der Waals surface area contributed by atoms with Crippen LogP contribution in [0, 0.1) is 11.3 Å². The van der Waals surface area contributed by atoms with Crippen LogP contribution >= 0.6 is 0 Å². The summed E-state index contributed by atoms with van der Waals surface area (Å²) in [7, 11) is 0. The van der Waals surface area contributed by atoms with Crippen LogP contribution in [0.5, 0.6) is 0 Å². The molecule has 1 heterocycles. The maximum atomic E-state index is 11.9. The smallest absolute Gasteiger partial charge is 0.211 e. The van der Waals surface area contributed by atoms with Crippen molar-refractivity contribution >= 4 is 5.78 Å². The number of pyridine rings is 1. The van der Waals surface area contributed by atoms with E-state index in [1.54, 1.807) is 48.7 Å². The number of hydrogen-bond donors (Lipinski definition) is 0. The first kappa shape index (κ1) is 10.1. The predicted molar refractivity (Wildman–Crippen MR) is 58.8 cm³/mol. The highest BCUT2D eigenvalue weighted by Crippen LogP contribution is 2.09. The summed E-state index contributed by atoms with van der Waals surface area (Å²) < 4.78 is 0. The summed E-state index contributed by atoms with van der Waals surface area (Å²) in [5, 5.41) is 8.74. The van der Waals surface area contributed by atoms with Crippen molar-refractivity contribution in [3.8, 4) is 6.07 Å². The fourth-order valence-electron chi connectivity index (χ4n) is 1.37. The average molecular weight is 208 g/mol. The molecule has 1 aromatic carbocycles. The second-order valence-electron chi connectivity index (χ2n) is 3.24. The first-order chi connectivity index (χ1) is 7.81. The molecule has 0 atom stereocenters. The topological polar surface area (TPSA) is 53.8 Å². The van der Waals surface area contributed by atoms with Crippen LogP contribution in [-0.4, -0.2) is 10.8 Å². The van der Waals surface area contributed by atoms with Gasteiger partial charge in [0.15, 0.2) is 0 Å². The molecule has 0 unspecified atom stereocenters. The van der Waals surface area contributed by atoms with Gasteiger partial charge in [-0.25, -0.2) is 0 Å². The number of aromatic nitrogens is 1. The van der Waals surface area contributed by atoms with Gasteiger partial charge in [0.05, 0.1) is 11.6 Å². The molecule has 0 N–H and O–H groups in total. The van der Waals surface area contributed by atoms with Crippen LogP contribution in [-0.2, 0) is 0 Å². The Labute approximate surface area is 93.0 Å². The molecule has 0 bridgehead atoms. The second kappa shape index (κ2) is 4.37. The van der Waals surface area contributed by atoms with Gasteiger partial charge in [0.2, 0.25) is 5.78 Å². The molecule has 0 aliphatic carbocycles. The Morgan fingerprint density at radius 2 is 2.06 bits per heavy atom. The Morgan fingerprint density at radius 1 is 1.19 bits per heavy atom. The lowest BCUT2D eigenvalue weighted by molar-refractivity contribution is 0.103. The molecular formula is C13H8N2O. The summed E-state index contributed by atoms with van der Waals surface area (Å²) in [5.41, 5.74) is 1.34. The van der Waals surface area contributed by atoms with E-state index < -0.39 is 0 Å². The van der Waals surface area contributed by atoms with Gasteiger partial charge in [-0.3, -0.25) is 9.78 Å². The van der Waals surface area contributed by atoms with Gasteiger partial charge < -0.3 is 0 Å². The van der Waals surface area contributed by atoms with Gasteiger partial charge >= 0.3 is 0 Å². The lowest BCUT2D eigenvalue weighted by Crippen LogP contribution is -2.03. The molecule has 2 rings (SSSR count). The molecular weight excluding hydrogens is 200 g/mol. The molecule has 76 valence electrons. The van der Waals surface area contributed by atoms with Crippen molar-refractivity contribution in [3.63, 3.8) is 0 Å². The molecule has 16 heavy (non-hydrogen) atoms. The first-order valence-corrected chi connectivity index (χ1v) is 4.77. The third-order valence-electron chi connectivity index (χ3n) is 2.15. The lowest BCUT2D eigenvalue weighted by Gasteiger charge is -1.99. The molecule has 0 radical (unpaired) electrons. The van der Waals surface area contributed by atoms with Crippen LogP contribution in [0.4, 0.5) is 0 Å². The summed E-state index contributed by atoms with van der Waals surface area (Å²) in [5.74, 6) is -0.169. The Kier molecular flexibility index (Phi) is 2.75. The van der Waals surface area contributed by atoms with Gasteiger partial charge in [0.1, 0.15) is 5.69 Å². The van der Waals surface area contributed by atoms with E-state index in [-0.39, 0.29) is 5.78 Å². The van der Waals surface area contributed by atoms with E-state index in [0.717, 1.165) is 0 Å². The lowest BCUT2D eigenvalue weighted by atomic mass is 10.1. The van der Waals surface area contributed by atoms with Crippen LogP contribution in [0.2, 0.25) is 0 Å². The normalized spacial score (nSPS) is 9.44. The molecule has 0 aliphatic rings. The number of rotatable bonds is 2. The van der Waals surface area contributed by atoms with Gasteiger partial charge in [0.25, 0.3) is 0 Å². The SMILES string of the molecule is N#Cc1cccc(C(=O)c2ccccn2)c1. The van der Waals surface area contributed by atoms with Crippen LogP contribution < -0.4 is 0 Å². The zero-order chi connectivity index (χ0) is 11.4. The number of ketones is 1. The van der Waals surface area contributed by atoms with Crippen LogP contribution in [0.15, 0.2) is 48.7 Å². The summed E-state index contributed by atoms with van der Waals surface area (Å²) in [4.78, 5) is 15.9. The monoisotopic (exact) mass is 208 g/mol. The quantitative estimate of drug-likeness (QED) is 0.711. The number of nitriles is 1. The largest absolute Gasteiger partial charge is 0.287 e. The maximum absolute atomic E-state index is 11.9. The van der Waals surface area contributed by atoms with Crippen molar-refractivity contribution < 1.29 is 4.79 Å². The highest BCUT2D eigenvalue weighted by molar-refractivity contribution is 6.07. The Bertz CT molecular complexity index is 556. The Balaban J connectivity index is 2.39. The number of hydrogen-bond acceptors (Lipinski definition) is 3. The van der Waals surface area contributed by atoms with E-state index in [4.69, 9.17) is 5.26 Å². The molecule has 1 aromatic heterocycles. The third kappa shape index (κ3) is 1.96. The summed E-state index contributed by atoms with van der Waals surface area (Å²) in [6.45, 7) is 0. The molecule has 0 amide bonds. The first-order valence-electron chi connectivity index (χ1n) is 4.77. The minimum Gasteiger partial charge on any atom is -0.287 e. The van der Waals surface area contributed by atoms with E-state index >= 15 is 0 Å². The van der Waals surface area contributed by atoms with Gasteiger partial charge in [0, 0.05) is 11.8 Å². The number of benzene rings is 1. The van der Waals surface area contributed by atoms with Crippen molar-refractivity contribution in [2.75, 3.05) is 0 Å². The molecule has 3 heteroatoms. The maximum Gasteiger partial charge on any atom is 0.211 e. The minimum absolute atomic E-state index is 0.169. The molecule has 0 saturated carbocycles. The van der Waals surface area contributed by atoms with Crippen LogP contribution in [0.25, 0.3) is 0 Å². The number of nitrogens with zero attached hydrogens (tertiary/aromatic N) is 2. The molecule has 3 nitrogen and oxygen atoms in total. The van der Waals surface area contributed by atoms with Crippen molar-refractivity contribution in [1.82, 2.24) is 4.98 Å². The Morgan fingerprint density at radius 3 is 2.75 bits per heavy atom. The van der Waals surface area contributed by atoms with Crippen LogP contribution in [0.1, 0.15) is 21.6 Å². The third-order valence-corrected chi connectivity index (χ3v) is 2.15.